The first-order valence-corrected chi connectivity index (χ1v) is 6.42. The Labute approximate surface area is 112 Å². The minimum Gasteiger partial charge on any atom is -0.481 e. The van der Waals surface area contributed by atoms with Gasteiger partial charge < -0.3 is 10.0 Å². The van der Waals surface area contributed by atoms with Gasteiger partial charge in [0.25, 0.3) is 0 Å². The van der Waals surface area contributed by atoms with Crippen LogP contribution < -0.4 is 0 Å². The molecule has 1 heterocycles. The third kappa shape index (κ3) is 3.68. The Balaban J connectivity index is 1.99. The Bertz CT molecular complexity index is 481. The highest BCUT2D eigenvalue weighted by atomic mass is 16.4. The normalized spacial score (nSPS) is 18.9. The fourth-order valence-corrected chi connectivity index (χ4v) is 2.37. The average molecular weight is 259 g/mol. The summed E-state index contributed by atoms with van der Waals surface area (Å²) in [5.41, 5.74) is 0.963. The van der Waals surface area contributed by atoms with E-state index in [2.05, 4.69) is 0 Å². The molecule has 1 aromatic carbocycles. The number of hydrogen-bond acceptors (Lipinski definition) is 2. The molecule has 0 bridgehead atoms. The summed E-state index contributed by atoms with van der Waals surface area (Å²) in [6.45, 7) is 0.649. The topological polar surface area (TPSA) is 57.6 Å². The third-order valence-corrected chi connectivity index (χ3v) is 3.29. The minimum absolute atomic E-state index is 0.0327. The van der Waals surface area contributed by atoms with Gasteiger partial charge in [0.2, 0.25) is 5.91 Å². The number of nitrogens with zero attached hydrogens (tertiary/aromatic N) is 1. The van der Waals surface area contributed by atoms with Crippen LogP contribution in [-0.2, 0) is 9.59 Å². The number of carboxylic acids is 1. The summed E-state index contributed by atoms with van der Waals surface area (Å²) in [4.78, 5) is 24.5. The summed E-state index contributed by atoms with van der Waals surface area (Å²) >= 11 is 0. The Kier molecular flexibility index (Phi) is 4.34. The van der Waals surface area contributed by atoms with E-state index in [4.69, 9.17) is 5.11 Å². The Morgan fingerprint density at radius 1 is 1.32 bits per heavy atom. The highest BCUT2D eigenvalue weighted by Crippen LogP contribution is 2.20. The lowest BCUT2D eigenvalue weighted by atomic mass is 10.1. The number of benzene rings is 1. The zero-order valence-electron chi connectivity index (χ0n) is 10.7. The molecule has 2 rings (SSSR count). The smallest absolute Gasteiger partial charge is 0.305 e. The number of carboxylic acid groups (broad SMARTS) is 1. The molecule has 1 atom stereocenters. The predicted molar refractivity (Wildman–Crippen MR) is 72.5 cm³/mol. The van der Waals surface area contributed by atoms with Crippen LogP contribution in [0, 0.1) is 0 Å². The average Bonchev–Trinajstić information content (AvgIpc) is 2.84. The van der Waals surface area contributed by atoms with Crippen molar-refractivity contribution in [2.75, 3.05) is 6.54 Å². The summed E-state index contributed by atoms with van der Waals surface area (Å²) in [6.07, 6.45) is 4.97. The van der Waals surface area contributed by atoms with Crippen molar-refractivity contribution in [2.45, 2.75) is 25.3 Å². The lowest BCUT2D eigenvalue weighted by Gasteiger charge is -2.21. The SMILES string of the molecule is O=C(O)CC1CCCN1C(=O)/C=C/c1ccccc1. The highest BCUT2D eigenvalue weighted by Gasteiger charge is 2.28. The van der Waals surface area contributed by atoms with Crippen molar-refractivity contribution >= 4 is 18.0 Å². The van der Waals surface area contributed by atoms with Crippen LogP contribution in [0.3, 0.4) is 0 Å². The molecular weight excluding hydrogens is 242 g/mol. The van der Waals surface area contributed by atoms with E-state index < -0.39 is 5.97 Å². The molecule has 0 aromatic heterocycles. The van der Waals surface area contributed by atoms with Crippen LogP contribution in [0.4, 0.5) is 0 Å². The van der Waals surface area contributed by atoms with E-state index in [1.165, 1.54) is 6.08 Å². The van der Waals surface area contributed by atoms with E-state index in [1.807, 2.05) is 30.3 Å². The first-order valence-electron chi connectivity index (χ1n) is 6.42. The summed E-state index contributed by atoms with van der Waals surface area (Å²) in [6, 6.07) is 9.42. The zero-order valence-corrected chi connectivity index (χ0v) is 10.7. The van der Waals surface area contributed by atoms with Crippen molar-refractivity contribution in [1.29, 1.82) is 0 Å². The molecule has 1 fully saturated rings. The molecule has 0 saturated carbocycles. The number of likely N-dealkylation sites (tertiary alicyclic amines) is 1. The fraction of sp³-hybridized carbons (Fsp3) is 0.333. The lowest BCUT2D eigenvalue weighted by Crippen LogP contribution is -2.35. The second-order valence-electron chi connectivity index (χ2n) is 4.67. The number of amides is 1. The van der Waals surface area contributed by atoms with Crippen LogP contribution in [0.1, 0.15) is 24.8 Å². The van der Waals surface area contributed by atoms with E-state index in [1.54, 1.807) is 11.0 Å². The highest BCUT2D eigenvalue weighted by molar-refractivity contribution is 5.92. The zero-order chi connectivity index (χ0) is 13.7. The van der Waals surface area contributed by atoms with Gasteiger partial charge in [-0.2, -0.15) is 0 Å². The summed E-state index contributed by atoms with van der Waals surface area (Å²) in [7, 11) is 0. The van der Waals surface area contributed by atoms with E-state index in [-0.39, 0.29) is 18.4 Å². The maximum absolute atomic E-state index is 12.1. The third-order valence-electron chi connectivity index (χ3n) is 3.29. The first kappa shape index (κ1) is 13.3. The Hall–Kier alpha value is -2.10. The number of aliphatic carboxylic acids is 1. The number of carbonyl (C=O) groups excluding carboxylic acids is 1. The molecule has 0 spiro atoms. The maximum atomic E-state index is 12.1. The van der Waals surface area contributed by atoms with E-state index >= 15 is 0 Å². The van der Waals surface area contributed by atoms with Crippen molar-refractivity contribution in [3.63, 3.8) is 0 Å². The van der Waals surface area contributed by atoms with Crippen LogP contribution >= 0.6 is 0 Å². The van der Waals surface area contributed by atoms with Crippen molar-refractivity contribution in [3.05, 3.63) is 42.0 Å². The number of carbonyl (C=O) groups is 2. The summed E-state index contributed by atoms with van der Waals surface area (Å²) in [5.74, 6) is -0.954. The quantitative estimate of drug-likeness (QED) is 0.843. The molecule has 1 amide bonds. The second kappa shape index (κ2) is 6.18. The molecule has 0 aliphatic carbocycles. The number of rotatable bonds is 4. The molecule has 1 aliphatic heterocycles. The van der Waals surface area contributed by atoms with E-state index in [0.29, 0.717) is 6.54 Å². The predicted octanol–water partition coefficient (Wildman–Crippen LogP) is 2.17. The monoisotopic (exact) mass is 259 g/mol. The van der Waals surface area contributed by atoms with Crippen LogP contribution in [-0.4, -0.2) is 34.5 Å². The van der Waals surface area contributed by atoms with Crippen LogP contribution in [0.5, 0.6) is 0 Å². The van der Waals surface area contributed by atoms with Crippen LogP contribution in [0.25, 0.3) is 6.08 Å². The fourth-order valence-electron chi connectivity index (χ4n) is 2.37. The van der Waals surface area contributed by atoms with Gasteiger partial charge in [0.1, 0.15) is 0 Å². The number of hydrogen-bond donors (Lipinski definition) is 1. The Morgan fingerprint density at radius 3 is 2.74 bits per heavy atom. The van der Waals surface area contributed by atoms with Crippen molar-refractivity contribution < 1.29 is 14.7 Å². The molecule has 100 valence electrons. The van der Waals surface area contributed by atoms with Gasteiger partial charge in [-0.05, 0) is 24.5 Å². The Morgan fingerprint density at radius 2 is 2.05 bits per heavy atom. The molecule has 1 aliphatic rings. The van der Waals surface area contributed by atoms with Gasteiger partial charge in [0.05, 0.1) is 6.42 Å². The summed E-state index contributed by atoms with van der Waals surface area (Å²) in [5, 5.41) is 8.83. The second-order valence-corrected chi connectivity index (χ2v) is 4.67. The van der Waals surface area contributed by atoms with Gasteiger partial charge >= 0.3 is 5.97 Å². The van der Waals surface area contributed by atoms with Gasteiger partial charge in [0.15, 0.2) is 0 Å². The maximum Gasteiger partial charge on any atom is 0.305 e. The minimum atomic E-state index is -0.850. The van der Waals surface area contributed by atoms with Gasteiger partial charge in [-0.15, -0.1) is 0 Å². The molecule has 0 radical (unpaired) electrons. The van der Waals surface area contributed by atoms with Gasteiger partial charge in [-0.1, -0.05) is 30.3 Å². The molecular formula is C15H17NO3. The van der Waals surface area contributed by atoms with Gasteiger partial charge in [-0.3, -0.25) is 9.59 Å². The van der Waals surface area contributed by atoms with Gasteiger partial charge in [0, 0.05) is 18.7 Å². The van der Waals surface area contributed by atoms with Crippen molar-refractivity contribution in [1.82, 2.24) is 4.90 Å². The molecule has 19 heavy (non-hydrogen) atoms. The van der Waals surface area contributed by atoms with Crippen molar-refractivity contribution in [2.24, 2.45) is 0 Å². The van der Waals surface area contributed by atoms with Gasteiger partial charge in [-0.25, -0.2) is 0 Å². The molecule has 4 nitrogen and oxygen atoms in total. The summed E-state index contributed by atoms with van der Waals surface area (Å²) < 4.78 is 0. The molecule has 1 aromatic rings. The molecule has 1 unspecified atom stereocenters. The molecule has 1 saturated heterocycles. The largest absolute Gasteiger partial charge is 0.481 e. The van der Waals surface area contributed by atoms with Crippen LogP contribution in [0.2, 0.25) is 0 Å². The van der Waals surface area contributed by atoms with Crippen molar-refractivity contribution in [3.8, 4) is 0 Å². The lowest BCUT2D eigenvalue weighted by molar-refractivity contribution is -0.139. The molecule has 4 heteroatoms. The van der Waals surface area contributed by atoms with Crippen LogP contribution in [0.15, 0.2) is 36.4 Å². The van der Waals surface area contributed by atoms with E-state index in [0.717, 1.165) is 18.4 Å². The standard InChI is InChI=1S/C15H17NO3/c17-14(9-8-12-5-2-1-3-6-12)16-10-4-7-13(16)11-15(18)19/h1-3,5-6,8-9,13H,4,7,10-11H2,(H,18,19)/b9-8+. The first-order chi connectivity index (χ1) is 9.16. The van der Waals surface area contributed by atoms with E-state index in [9.17, 15) is 9.59 Å². The molecule has 1 N–H and O–H groups in total.